The molecule has 86 valence electrons. The first-order valence-corrected chi connectivity index (χ1v) is 5.52. The van der Waals surface area contributed by atoms with E-state index >= 15 is 0 Å². The number of hydrogen-bond acceptors (Lipinski definition) is 2. The number of rotatable bonds is 3. The van der Waals surface area contributed by atoms with Crippen molar-refractivity contribution in [3.63, 3.8) is 0 Å². The molecule has 2 nitrogen and oxygen atoms in total. The second-order valence-corrected chi connectivity index (χ2v) is 3.97. The molecule has 3 heteroatoms. The zero-order valence-electron chi connectivity index (χ0n) is 9.31. The molecule has 0 saturated heterocycles. The lowest BCUT2D eigenvalue weighted by molar-refractivity contribution is 0.112. The van der Waals surface area contributed by atoms with Gasteiger partial charge in [0.15, 0.2) is 0 Å². The highest BCUT2D eigenvalue weighted by molar-refractivity contribution is 6.33. The Kier molecular flexibility index (Phi) is 3.45. The minimum atomic E-state index is 0.604. The van der Waals surface area contributed by atoms with Crippen LogP contribution in [0.25, 0.3) is 11.1 Å². The van der Waals surface area contributed by atoms with Crippen molar-refractivity contribution in [1.29, 1.82) is 0 Å². The number of carbonyl (C=O) groups is 1. The van der Waals surface area contributed by atoms with Crippen LogP contribution in [0.15, 0.2) is 42.5 Å². The predicted molar refractivity (Wildman–Crippen MR) is 68.8 cm³/mol. The topological polar surface area (TPSA) is 26.3 Å². The van der Waals surface area contributed by atoms with E-state index in [1.165, 1.54) is 0 Å². The summed E-state index contributed by atoms with van der Waals surface area (Å²) < 4.78 is 5.28. The molecule has 0 fully saturated rings. The first-order valence-electron chi connectivity index (χ1n) is 5.14. The lowest BCUT2D eigenvalue weighted by atomic mass is 10.0. The van der Waals surface area contributed by atoms with Crippen molar-refractivity contribution in [2.75, 3.05) is 7.11 Å². The summed E-state index contributed by atoms with van der Waals surface area (Å²) in [5.74, 6) is 0.695. The minimum Gasteiger partial charge on any atom is -0.496 e. The normalized spacial score (nSPS) is 10.0. The molecular formula is C14H11ClO2. The number of hydrogen-bond donors (Lipinski definition) is 0. The Morgan fingerprint density at radius 2 is 1.94 bits per heavy atom. The van der Waals surface area contributed by atoms with Gasteiger partial charge in [-0.05, 0) is 23.8 Å². The number of aldehydes is 1. The summed E-state index contributed by atoms with van der Waals surface area (Å²) in [5.41, 5.74) is 2.29. The fourth-order valence-corrected chi connectivity index (χ4v) is 2.00. The number of halogens is 1. The fourth-order valence-electron chi connectivity index (χ4n) is 1.72. The molecule has 17 heavy (non-hydrogen) atoms. The molecule has 0 saturated carbocycles. The van der Waals surface area contributed by atoms with E-state index in [1.54, 1.807) is 25.3 Å². The Morgan fingerprint density at radius 1 is 1.18 bits per heavy atom. The summed E-state index contributed by atoms with van der Waals surface area (Å²) >= 11 is 6.17. The van der Waals surface area contributed by atoms with Crippen molar-refractivity contribution in [2.45, 2.75) is 0 Å². The Hall–Kier alpha value is -1.80. The summed E-state index contributed by atoms with van der Waals surface area (Å²) in [4.78, 5) is 10.8. The van der Waals surface area contributed by atoms with Crippen LogP contribution in [0.1, 0.15) is 10.4 Å². The van der Waals surface area contributed by atoms with E-state index in [0.29, 0.717) is 16.3 Å². The average Bonchev–Trinajstić information content (AvgIpc) is 2.38. The Balaban J connectivity index is 2.62. The van der Waals surface area contributed by atoms with Crippen LogP contribution in [0.5, 0.6) is 5.75 Å². The third-order valence-electron chi connectivity index (χ3n) is 2.51. The van der Waals surface area contributed by atoms with Crippen molar-refractivity contribution < 1.29 is 9.53 Å². The Bertz CT molecular complexity index is 550. The highest BCUT2D eigenvalue weighted by Gasteiger charge is 2.10. The standard InChI is InChI=1S/C14H11ClO2/c1-17-13-7-3-6-12(15)14(13)11-5-2-4-10(8-11)9-16/h2-9H,1H3. The first kappa shape index (κ1) is 11.7. The van der Waals surface area contributed by atoms with Gasteiger partial charge in [0.1, 0.15) is 12.0 Å². The molecule has 0 unspecified atom stereocenters. The second kappa shape index (κ2) is 5.02. The van der Waals surface area contributed by atoms with Crippen molar-refractivity contribution >= 4 is 17.9 Å². The number of benzene rings is 2. The maximum atomic E-state index is 10.8. The van der Waals surface area contributed by atoms with Gasteiger partial charge in [-0.2, -0.15) is 0 Å². The van der Waals surface area contributed by atoms with Gasteiger partial charge >= 0.3 is 0 Å². The molecule has 0 N–H and O–H groups in total. The summed E-state index contributed by atoms with van der Waals surface area (Å²) in [6.07, 6.45) is 0.812. The van der Waals surface area contributed by atoms with E-state index in [-0.39, 0.29) is 0 Å². The van der Waals surface area contributed by atoms with E-state index in [1.807, 2.05) is 24.3 Å². The molecule has 2 aromatic carbocycles. The zero-order valence-corrected chi connectivity index (χ0v) is 10.1. The van der Waals surface area contributed by atoms with E-state index in [9.17, 15) is 4.79 Å². The van der Waals surface area contributed by atoms with Gasteiger partial charge in [-0.1, -0.05) is 35.9 Å². The molecule has 0 aromatic heterocycles. The van der Waals surface area contributed by atoms with Gasteiger partial charge in [0.25, 0.3) is 0 Å². The fraction of sp³-hybridized carbons (Fsp3) is 0.0714. The molecule has 0 aliphatic heterocycles. The largest absolute Gasteiger partial charge is 0.496 e. The number of ether oxygens (including phenoxy) is 1. The molecule has 2 aromatic rings. The summed E-state index contributed by atoms with van der Waals surface area (Å²) in [5, 5.41) is 0.604. The van der Waals surface area contributed by atoms with Crippen LogP contribution < -0.4 is 4.74 Å². The monoisotopic (exact) mass is 246 g/mol. The van der Waals surface area contributed by atoms with Gasteiger partial charge in [0.05, 0.1) is 12.1 Å². The molecule has 0 bridgehead atoms. The highest BCUT2D eigenvalue weighted by Crippen LogP contribution is 2.36. The molecule has 0 heterocycles. The SMILES string of the molecule is COc1cccc(Cl)c1-c1cccc(C=O)c1. The minimum absolute atomic E-state index is 0.604. The van der Waals surface area contributed by atoms with Crippen LogP contribution in [0.3, 0.4) is 0 Å². The van der Waals surface area contributed by atoms with Gasteiger partial charge in [0.2, 0.25) is 0 Å². The van der Waals surface area contributed by atoms with E-state index in [4.69, 9.17) is 16.3 Å². The van der Waals surface area contributed by atoms with E-state index in [0.717, 1.165) is 17.4 Å². The van der Waals surface area contributed by atoms with Gasteiger partial charge in [-0.25, -0.2) is 0 Å². The Labute approximate surface area is 105 Å². The molecule has 0 atom stereocenters. The van der Waals surface area contributed by atoms with Crippen molar-refractivity contribution in [3.8, 4) is 16.9 Å². The molecule has 2 rings (SSSR count). The first-order chi connectivity index (χ1) is 8.26. The summed E-state index contributed by atoms with van der Waals surface area (Å²) in [6, 6.07) is 12.7. The number of carbonyl (C=O) groups excluding carboxylic acids is 1. The van der Waals surface area contributed by atoms with E-state index in [2.05, 4.69) is 0 Å². The molecule has 0 amide bonds. The van der Waals surface area contributed by atoms with Crippen molar-refractivity contribution in [2.24, 2.45) is 0 Å². The van der Waals surface area contributed by atoms with Gasteiger partial charge in [0, 0.05) is 11.1 Å². The number of methoxy groups -OCH3 is 1. The van der Waals surface area contributed by atoms with Crippen LogP contribution >= 0.6 is 11.6 Å². The smallest absolute Gasteiger partial charge is 0.150 e. The van der Waals surface area contributed by atoms with Crippen LogP contribution in [-0.2, 0) is 0 Å². The highest BCUT2D eigenvalue weighted by atomic mass is 35.5. The van der Waals surface area contributed by atoms with Crippen LogP contribution in [0.2, 0.25) is 5.02 Å². The van der Waals surface area contributed by atoms with Crippen molar-refractivity contribution in [3.05, 3.63) is 53.1 Å². The third kappa shape index (κ3) is 2.32. The van der Waals surface area contributed by atoms with Crippen LogP contribution in [0, 0.1) is 0 Å². The molecule has 0 aliphatic rings. The van der Waals surface area contributed by atoms with Gasteiger partial charge in [-0.15, -0.1) is 0 Å². The maximum absolute atomic E-state index is 10.8. The molecule has 0 aliphatic carbocycles. The van der Waals surface area contributed by atoms with Gasteiger partial charge in [-0.3, -0.25) is 4.79 Å². The summed E-state index contributed by atoms with van der Waals surface area (Å²) in [6.45, 7) is 0. The second-order valence-electron chi connectivity index (χ2n) is 3.56. The predicted octanol–water partition coefficient (Wildman–Crippen LogP) is 3.83. The third-order valence-corrected chi connectivity index (χ3v) is 2.82. The van der Waals surface area contributed by atoms with Crippen molar-refractivity contribution in [1.82, 2.24) is 0 Å². The van der Waals surface area contributed by atoms with Gasteiger partial charge < -0.3 is 4.74 Å². The molecule has 0 spiro atoms. The lowest BCUT2D eigenvalue weighted by Crippen LogP contribution is -1.89. The van der Waals surface area contributed by atoms with Crippen LogP contribution in [0.4, 0.5) is 0 Å². The quantitative estimate of drug-likeness (QED) is 0.770. The molecular weight excluding hydrogens is 236 g/mol. The van der Waals surface area contributed by atoms with Crippen LogP contribution in [-0.4, -0.2) is 13.4 Å². The molecule has 0 radical (unpaired) electrons. The zero-order chi connectivity index (χ0) is 12.3. The maximum Gasteiger partial charge on any atom is 0.150 e. The Morgan fingerprint density at radius 3 is 2.65 bits per heavy atom. The average molecular weight is 247 g/mol. The summed E-state index contributed by atoms with van der Waals surface area (Å²) in [7, 11) is 1.60. The lowest BCUT2D eigenvalue weighted by Gasteiger charge is -2.10. The van der Waals surface area contributed by atoms with E-state index < -0.39 is 0 Å².